The molecular weight excluding hydrogens is 727 g/mol. The molecule has 0 unspecified atom stereocenters. The second-order valence-electron chi connectivity index (χ2n) is 15.9. The number of fused-ring (bicyclic) bond motifs is 1. The predicted octanol–water partition coefficient (Wildman–Crippen LogP) is 6.08. The minimum Gasteiger partial charge on any atom is -0.460 e. The Hall–Kier alpha value is -5.76. The number of benzene rings is 2. The first-order valence-electron chi connectivity index (χ1n) is 19.4. The number of ketones is 1. The molecule has 2 aliphatic heterocycles. The maximum atomic E-state index is 14.5. The Kier molecular flexibility index (Phi) is 12.9. The molecule has 3 atom stereocenters. The number of anilines is 3. The van der Waals surface area contributed by atoms with Gasteiger partial charge < -0.3 is 34.2 Å². The number of nitrogens with one attached hydrogen (secondary N) is 2. The molecule has 0 radical (unpaired) electrons. The molecule has 2 aromatic heterocycles. The van der Waals surface area contributed by atoms with Gasteiger partial charge in [-0.15, -0.1) is 0 Å². The van der Waals surface area contributed by atoms with Gasteiger partial charge in [0.05, 0.1) is 24.7 Å². The van der Waals surface area contributed by atoms with E-state index in [1.807, 2.05) is 82.3 Å². The number of piperidine rings is 1. The number of Topliss-reactive ketones (excluding diaryl/α,β-unsaturated/α-hetero) is 1. The van der Waals surface area contributed by atoms with Crippen molar-refractivity contribution in [2.24, 2.45) is 11.8 Å². The summed E-state index contributed by atoms with van der Waals surface area (Å²) in [6.45, 7) is 12.1. The van der Waals surface area contributed by atoms with Crippen LogP contribution in [0.2, 0.25) is 0 Å². The molecular formula is C43H53N7O7. The highest BCUT2D eigenvalue weighted by molar-refractivity contribution is 6.06. The number of amides is 2. The second-order valence-corrected chi connectivity index (χ2v) is 15.9. The third-order valence-corrected chi connectivity index (χ3v) is 10.4. The van der Waals surface area contributed by atoms with E-state index in [2.05, 4.69) is 37.4 Å². The normalized spacial score (nSPS) is 18.8. The van der Waals surface area contributed by atoms with E-state index in [1.165, 1.54) is 7.11 Å². The molecule has 0 saturated carbocycles. The smallest absolute Gasteiger partial charge is 0.412 e. The quantitative estimate of drug-likeness (QED) is 0.103. The summed E-state index contributed by atoms with van der Waals surface area (Å²) in [7, 11) is 3.42. The first-order valence-corrected chi connectivity index (χ1v) is 19.4. The van der Waals surface area contributed by atoms with Gasteiger partial charge in [-0.05, 0) is 63.6 Å². The van der Waals surface area contributed by atoms with Crippen LogP contribution in [0.1, 0.15) is 55.7 Å². The molecule has 4 aromatic rings. The van der Waals surface area contributed by atoms with Crippen LogP contribution in [0.5, 0.6) is 0 Å². The molecule has 14 nitrogen and oxygen atoms in total. The maximum Gasteiger partial charge on any atom is 0.412 e. The Balaban J connectivity index is 1.29. The van der Waals surface area contributed by atoms with Gasteiger partial charge in [0.15, 0.2) is 5.78 Å². The van der Waals surface area contributed by atoms with Gasteiger partial charge in [-0.25, -0.2) is 14.6 Å². The number of nitrogens with zero attached hydrogens (tertiary/aromatic N) is 5. The van der Waals surface area contributed by atoms with Crippen molar-refractivity contribution in [3.8, 4) is 0 Å². The summed E-state index contributed by atoms with van der Waals surface area (Å²) in [6.07, 6.45) is 2.04. The highest BCUT2D eigenvalue weighted by Crippen LogP contribution is 2.33. The van der Waals surface area contributed by atoms with Gasteiger partial charge in [0.1, 0.15) is 17.9 Å². The summed E-state index contributed by atoms with van der Waals surface area (Å²) in [6, 6.07) is 18.6. The third-order valence-electron chi connectivity index (χ3n) is 10.4. The fourth-order valence-electron chi connectivity index (χ4n) is 7.55. The fraction of sp³-hybridized carbons (Fsp3) is 0.442. The van der Waals surface area contributed by atoms with Gasteiger partial charge in [0, 0.05) is 92.4 Å². The molecule has 2 amide bonds. The molecule has 4 heterocycles. The van der Waals surface area contributed by atoms with Crippen LogP contribution in [0.25, 0.3) is 10.9 Å². The number of hydrogen-bond donors (Lipinski definition) is 2. The summed E-state index contributed by atoms with van der Waals surface area (Å²) in [4.78, 5) is 69.1. The first kappa shape index (κ1) is 40.9. The van der Waals surface area contributed by atoms with E-state index in [4.69, 9.17) is 19.2 Å². The second kappa shape index (κ2) is 18.0. The van der Waals surface area contributed by atoms with E-state index in [0.717, 1.165) is 48.5 Å². The number of carbonyl (C=O) groups excluding carboxylic acids is 4. The number of ether oxygens (including phenoxy) is 3. The molecule has 57 heavy (non-hydrogen) atoms. The zero-order valence-corrected chi connectivity index (χ0v) is 33.6. The monoisotopic (exact) mass is 779 g/mol. The summed E-state index contributed by atoms with van der Waals surface area (Å²) in [5.74, 6) is -1.12. The molecule has 6 rings (SSSR count). The van der Waals surface area contributed by atoms with E-state index < -0.39 is 17.8 Å². The Morgan fingerprint density at radius 3 is 2.39 bits per heavy atom. The fourth-order valence-corrected chi connectivity index (χ4v) is 7.55. The number of aromatic nitrogens is 2. The number of piperazine rings is 1. The lowest BCUT2D eigenvalue weighted by molar-refractivity contribution is -0.156. The highest BCUT2D eigenvalue weighted by Gasteiger charge is 2.38. The van der Waals surface area contributed by atoms with Crippen molar-refractivity contribution in [1.82, 2.24) is 20.2 Å². The first-order chi connectivity index (χ1) is 27.3. The lowest BCUT2D eigenvalue weighted by atomic mass is 9.82. The molecule has 2 fully saturated rings. The molecule has 0 spiro atoms. The maximum absolute atomic E-state index is 14.5. The topological polar surface area (TPSA) is 156 Å². The van der Waals surface area contributed by atoms with Crippen LogP contribution in [0, 0.1) is 11.8 Å². The van der Waals surface area contributed by atoms with Crippen molar-refractivity contribution in [1.29, 1.82) is 0 Å². The van der Waals surface area contributed by atoms with Gasteiger partial charge in [0.2, 0.25) is 0 Å². The van der Waals surface area contributed by atoms with Crippen LogP contribution < -0.4 is 20.4 Å². The molecule has 0 bridgehead atoms. The molecule has 2 aromatic carbocycles. The van der Waals surface area contributed by atoms with E-state index in [9.17, 15) is 19.2 Å². The Labute approximate surface area is 333 Å². The van der Waals surface area contributed by atoms with E-state index in [0.29, 0.717) is 24.2 Å². The Bertz CT molecular complexity index is 2060. The number of carbonyl (C=O) groups is 4. The van der Waals surface area contributed by atoms with Crippen molar-refractivity contribution in [2.75, 3.05) is 68.5 Å². The molecule has 0 aliphatic carbocycles. The number of likely N-dealkylation sites (N-methyl/N-ethyl adjacent to an activating group) is 1. The van der Waals surface area contributed by atoms with Crippen LogP contribution in [0.4, 0.5) is 26.7 Å². The molecule has 302 valence electrons. The van der Waals surface area contributed by atoms with Gasteiger partial charge >= 0.3 is 18.2 Å². The molecule has 2 saturated heterocycles. The van der Waals surface area contributed by atoms with Gasteiger partial charge in [-0.1, -0.05) is 43.3 Å². The van der Waals surface area contributed by atoms with Crippen LogP contribution >= 0.6 is 0 Å². The lowest BCUT2D eigenvalue weighted by Gasteiger charge is -2.44. The van der Waals surface area contributed by atoms with Crippen LogP contribution in [0.3, 0.4) is 0 Å². The standard InChI is InChI=1S/C43H53N7O7/c1-28-25-50(26-32(39(28)47-41(53)55-6)22-38(52)57-43(2,3)4)36-14-15-44-24-31(36)21-37(51)40-35(46-42(54)56-27-29-10-8-7-9-11-29)20-30-12-13-33(23-34(30)45-40)49-18-16-48(5)17-19-49/h7-15,20,23-24,28,32,39H,16-19,21-22,25-27H2,1-6H3,(H,46,54)(H,47,53)/t28-,32+,39-/m0/s1. The molecule has 2 N–H and O–H groups in total. The Morgan fingerprint density at radius 1 is 0.912 bits per heavy atom. The number of pyridine rings is 2. The van der Waals surface area contributed by atoms with Gasteiger partial charge in [-0.3, -0.25) is 19.9 Å². The zero-order valence-electron chi connectivity index (χ0n) is 33.6. The summed E-state index contributed by atoms with van der Waals surface area (Å²) in [5.41, 5.74) is 3.56. The van der Waals surface area contributed by atoms with Gasteiger partial charge in [-0.2, -0.15) is 0 Å². The van der Waals surface area contributed by atoms with E-state index >= 15 is 0 Å². The minimum absolute atomic E-state index is 0.0591. The SMILES string of the molecule is COC(=O)N[C@@H]1[C@H](CC(=O)OC(C)(C)C)CN(c2ccncc2CC(=O)c2nc3cc(N4CCN(C)CC4)ccc3cc2NC(=O)OCc2ccccc2)C[C@@H]1C. The number of alkyl carbamates (subject to hydrolysis) is 1. The summed E-state index contributed by atoms with van der Waals surface area (Å²) >= 11 is 0. The predicted molar refractivity (Wildman–Crippen MR) is 219 cm³/mol. The van der Waals surface area contributed by atoms with Crippen molar-refractivity contribution < 1.29 is 33.4 Å². The largest absolute Gasteiger partial charge is 0.460 e. The lowest BCUT2D eigenvalue weighted by Crippen LogP contribution is -2.56. The van der Waals surface area contributed by atoms with Crippen molar-refractivity contribution in [2.45, 2.75) is 58.8 Å². The summed E-state index contributed by atoms with van der Waals surface area (Å²) < 4.78 is 16.1. The number of methoxy groups -OCH3 is 1. The molecule has 2 aliphatic rings. The highest BCUT2D eigenvalue weighted by atomic mass is 16.6. The van der Waals surface area contributed by atoms with E-state index in [-0.39, 0.29) is 60.5 Å². The average Bonchev–Trinajstić information content (AvgIpc) is 3.18. The zero-order chi connectivity index (χ0) is 40.7. The van der Waals surface area contributed by atoms with Crippen LogP contribution in [-0.4, -0.2) is 104 Å². The summed E-state index contributed by atoms with van der Waals surface area (Å²) in [5, 5.41) is 6.50. The third kappa shape index (κ3) is 10.8. The number of rotatable bonds is 11. The van der Waals surface area contributed by atoms with E-state index in [1.54, 1.807) is 18.5 Å². The van der Waals surface area contributed by atoms with Gasteiger partial charge in [0.25, 0.3) is 0 Å². The van der Waals surface area contributed by atoms with Crippen LogP contribution in [0.15, 0.2) is 73.1 Å². The number of hydrogen-bond acceptors (Lipinski definition) is 12. The van der Waals surface area contributed by atoms with Crippen molar-refractivity contribution in [3.05, 3.63) is 89.9 Å². The minimum atomic E-state index is -0.710. The molecule has 14 heteroatoms. The average molecular weight is 780 g/mol. The van der Waals surface area contributed by atoms with Crippen molar-refractivity contribution in [3.63, 3.8) is 0 Å². The Morgan fingerprint density at radius 2 is 1.67 bits per heavy atom. The van der Waals surface area contributed by atoms with Crippen LogP contribution in [-0.2, 0) is 32.0 Å². The van der Waals surface area contributed by atoms with Crippen molar-refractivity contribution >= 4 is 51.9 Å². The number of esters is 1.